The molecule has 0 saturated carbocycles. The van der Waals surface area contributed by atoms with Crippen LogP contribution in [0.4, 0.5) is 5.69 Å². The highest BCUT2D eigenvalue weighted by Gasteiger charge is 2.14. The maximum atomic E-state index is 13.1. The van der Waals surface area contributed by atoms with E-state index in [1.54, 1.807) is 18.5 Å². The highest BCUT2D eigenvalue weighted by atomic mass is 16.2. The van der Waals surface area contributed by atoms with Crippen LogP contribution >= 0.6 is 0 Å². The van der Waals surface area contributed by atoms with Gasteiger partial charge in [0.2, 0.25) is 0 Å². The maximum absolute atomic E-state index is 13.1. The Morgan fingerprint density at radius 3 is 2.41 bits per heavy atom. The van der Waals surface area contributed by atoms with Crippen LogP contribution in [0.25, 0.3) is 22.3 Å². The van der Waals surface area contributed by atoms with Crippen LogP contribution in [0, 0.1) is 0 Å². The summed E-state index contributed by atoms with van der Waals surface area (Å²) in [4.78, 5) is 24.5. The number of amides is 1. The van der Waals surface area contributed by atoms with Crippen molar-refractivity contribution in [3.63, 3.8) is 0 Å². The first-order valence-corrected chi connectivity index (χ1v) is 12.2. The Bertz CT molecular complexity index is 1520. The second-order valence-electron chi connectivity index (χ2n) is 8.58. The number of anilines is 1. The molecular formula is C31H27N5O. The van der Waals surface area contributed by atoms with Gasteiger partial charge in [-0.25, -0.2) is 10.4 Å². The van der Waals surface area contributed by atoms with E-state index in [0.29, 0.717) is 17.0 Å². The Labute approximate surface area is 216 Å². The zero-order chi connectivity index (χ0) is 25.5. The van der Waals surface area contributed by atoms with E-state index >= 15 is 0 Å². The molecule has 1 N–H and O–H groups in total. The zero-order valence-electron chi connectivity index (χ0n) is 20.6. The summed E-state index contributed by atoms with van der Waals surface area (Å²) in [5.41, 5.74) is 8.55. The van der Waals surface area contributed by atoms with Crippen LogP contribution in [-0.4, -0.2) is 28.6 Å². The topological polar surface area (TPSA) is 70.5 Å². The lowest BCUT2D eigenvalue weighted by Gasteiger charge is -2.23. The van der Waals surface area contributed by atoms with Crippen LogP contribution < -0.4 is 10.3 Å². The van der Waals surface area contributed by atoms with Gasteiger partial charge in [-0.3, -0.25) is 9.78 Å². The normalized spacial score (nSPS) is 11.1. The molecule has 0 atom stereocenters. The second kappa shape index (κ2) is 11.3. The SMILES string of the molecule is CCN(Cc1ccccc1)c1ccc(/C=N\NC(=O)c2cc(-c3ccccn3)nc3ccccc23)cc1. The molecule has 0 unspecified atom stereocenters. The molecule has 6 heteroatoms. The number of nitrogens with zero attached hydrogens (tertiary/aromatic N) is 4. The van der Waals surface area contributed by atoms with Crippen molar-refractivity contribution >= 4 is 28.7 Å². The van der Waals surface area contributed by atoms with Gasteiger partial charge < -0.3 is 4.90 Å². The van der Waals surface area contributed by atoms with Gasteiger partial charge in [0.05, 0.1) is 28.7 Å². The summed E-state index contributed by atoms with van der Waals surface area (Å²) in [7, 11) is 0. The first-order valence-electron chi connectivity index (χ1n) is 12.2. The fourth-order valence-electron chi connectivity index (χ4n) is 4.20. The van der Waals surface area contributed by atoms with Crippen molar-refractivity contribution in [1.82, 2.24) is 15.4 Å². The molecular weight excluding hydrogens is 458 g/mol. The number of fused-ring (bicyclic) bond motifs is 1. The summed E-state index contributed by atoms with van der Waals surface area (Å²) in [6.45, 7) is 3.90. The fourth-order valence-corrected chi connectivity index (χ4v) is 4.20. The average molecular weight is 486 g/mol. The van der Waals surface area contributed by atoms with Crippen molar-refractivity contribution in [2.45, 2.75) is 13.5 Å². The van der Waals surface area contributed by atoms with Crippen LogP contribution in [-0.2, 0) is 6.54 Å². The number of para-hydroxylation sites is 1. The van der Waals surface area contributed by atoms with E-state index in [1.165, 1.54) is 5.56 Å². The largest absolute Gasteiger partial charge is 0.367 e. The first-order chi connectivity index (χ1) is 18.2. The van der Waals surface area contributed by atoms with Gasteiger partial charge in [-0.2, -0.15) is 5.10 Å². The van der Waals surface area contributed by atoms with Crippen molar-refractivity contribution in [3.05, 3.63) is 126 Å². The minimum atomic E-state index is -0.302. The standard InChI is InChI=1S/C31H27N5O/c1-2-36(22-24-10-4-3-5-11-24)25-17-15-23(16-18-25)21-33-35-31(37)27-20-30(29-14-8-9-19-32-29)34-28-13-7-6-12-26(27)28/h3-21H,2,22H2,1H3,(H,35,37)/b33-21-. The minimum Gasteiger partial charge on any atom is -0.367 e. The lowest BCUT2D eigenvalue weighted by atomic mass is 10.1. The Hall–Kier alpha value is -4.84. The Balaban J connectivity index is 1.31. The van der Waals surface area contributed by atoms with Crippen molar-refractivity contribution in [1.29, 1.82) is 0 Å². The molecule has 0 bridgehead atoms. The molecule has 6 nitrogen and oxygen atoms in total. The molecule has 0 saturated heterocycles. The lowest BCUT2D eigenvalue weighted by Crippen LogP contribution is -2.21. The van der Waals surface area contributed by atoms with Gasteiger partial charge in [0.1, 0.15) is 0 Å². The number of rotatable bonds is 8. The molecule has 0 fully saturated rings. The highest BCUT2D eigenvalue weighted by molar-refractivity contribution is 6.07. The van der Waals surface area contributed by atoms with Gasteiger partial charge >= 0.3 is 0 Å². The van der Waals surface area contributed by atoms with Crippen molar-refractivity contribution in [2.24, 2.45) is 5.10 Å². The van der Waals surface area contributed by atoms with Crippen LogP contribution in [0.5, 0.6) is 0 Å². The highest BCUT2D eigenvalue weighted by Crippen LogP contribution is 2.24. The van der Waals surface area contributed by atoms with E-state index in [0.717, 1.165) is 35.2 Å². The number of aromatic nitrogens is 2. The monoisotopic (exact) mass is 485 g/mol. The number of nitrogens with one attached hydrogen (secondary N) is 1. The minimum absolute atomic E-state index is 0.302. The van der Waals surface area contributed by atoms with Gasteiger partial charge in [0.15, 0.2) is 0 Å². The number of carbonyl (C=O) groups is 1. The molecule has 0 aliphatic carbocycles. The van der Waals surface area contributed by atoms with E-state index in [1.807, 2.05) is 60.7 Å². The number of hydrogen-bond donors (Lipinski definition) is 1. The third kappa shape index (κ3) is 5.70. The van der Waals surface area contributed by atoms with Crippen molar-refractivity contribution in [2.75, 3.05) is 11.4 Å². The molecule has 0 aliphatic heterocycles. The number of pyridine rings is 2. The predicted molar refractivity (Wildman–Crippen MR) is 150 cm³/mol. The van der Waals surface area contributed by atoms with E-state index < -0.39 is 0 Å². The third-order valence-corrected chi connectivity index (χ3v) is 6.12. The molecule has 1 amide bonds. The van der Waals surface area contributed by atoms with E-state index in [2.05, 4.69) is 68.7 Å². The van der Waals surface area contributed by atoms with Gasteiger partial charge in [0.25, 0.3) is 5.91 Å². The summed E-state index contributed by atoms with van der Waals surface area (Å²) < 4.78 is 0. The van der Waals surface area contributed by atoms with E-state index in [4.69, 9.17) is 0 Å². The number of carbonyl (C=O) groups excluding carboxylic acids is 1. The molecule has 182 valence electrons. The molecule has 3 aromatic carbocycles. The molecule has 2 aromatic heterocycles. The fraction of sp³-hybridized carbons (Fsp3) is 0.0968. The average Bonchev–Trinajstić information content (AvgIpc) is 2.96. The summed E-state index contributed by atoms with van der Waals surface area (Å²) >= 11 is 0. The van der Waals surface area contributed by atoms with Gasteiger partial charge in [-0.05, 0) is 54.4 Å². The predicted octanol–water partition coefficient (Wildman–Crippen LogP) is 6.09. The first kappa shape index (κ1) is 23.9. The summed E-state index contributed by atoms with van der Waals surface area (Å²) in [5, 5.41) is 4.98. The summed E-state index contributed by atoms with van der Waals surface area (Å²) in [5.74, 6) is -0.302. The Morgan fingerprint density at radius 1 is 0.892 bits per heavy atom. The smallest absolute Gasteiger partial charge is 0.272 e. The molecule has 0 aliphatic rings. The zero-order valence-corrected chi connectivity index (χ0v) is 20.6. The van der Waals surface area contributed by atoms with Crippen LogP contribution in [0.3, 0.4) is 0 Å². The lowest BCUT2D eigenvalue weighted by molar-refractivity contribution is 0.0956. The quantitative estimate of drug-likeness (QED) is 0.213. The molecule has 5 aromatic rings. The molecule has 5 rings (SSSR count). The summed E-state index contributed by atoms with van der Waals surface area (Å²) in [6, 6.07) is 33.5. The van der Waals surface area contributed by atoms with Crippen molar-refractivity contribution < 1.29 is 4.79 Å². The summed E-state index contributed by atoms with van der Waals surface area (Å²) in [6.07, 6.45) is 3.36. The molecule has 0 radical (unpaired) electrons. The molecule has 37 heavy (non-hydrogen) atoms. The number of hydrogen-bond acceptors (Lipinski definition) is 5. The van der Waals surface area contributed by atoms with E-state index in [-0.39, 0.29) is 5.91 Å². The number of hydrazone groups is 1. The van der Waals surface area contributed by atoms with Crippen LogP contribution in [0.15, 0.2) is 114 Å². The molecule has 2 heterocycles. The third-order valence-electron chi connectivity index (χ3n) is 6.12. The van der Waals surface area contributed by atoms with E-state index in [9.17, 15) is 4.79 Å². The second-order valence-corrected chi connectivity index (χ2v) is 8.58. The Morgan fingerprint density at radius 2 is 1.65 bits per heavy atom. The van der Waals surface area contributed by atoms with Crippen molar-refractivity contribution in [3.8, 4) is 11.4 Å². The Kier molecular flexibility index (Phi) is 7.27. The van der Waals surface area contributed by atoms with Gasteiger partial charge in [0, 0.05) is 30.4 Å². The maximum Gasteiger partial charge on any atom is 0.272 e. The molecule has 0 spiro atoms. The van der Waals surface area contributed by atoms with Gasteiger partial charge in [-0.1, -0.05) is 66.7 Å². The van der Waals surface area contributed by atoms with Crippen LogP contribution in [0.2, 0.25) is 0 Å². The van der Waals surface area contributed by atoms with Gasteiger partial charge in [-0.15, -0.1) is 0 Å². The van der Waals surface area contributed by atoms with Crippen LogP contribution in [0.1, 0.15) is 28.4 Å². The number of benzene rings is 3.